The van der Waals surface area contributed by atoms with E-state index in [9.17, 15) is 4.79 Å². The Morgan fingerprint density at radius 1 is 1.44 bits per heavy atom. The molecule has 1 aromatic carbocycles. The summed E-state index contributed by atoms with van der Waals surface area (Å²) in [5.74, 6) is 0.475. The van der Waals surface area contributed by atoms with Crippen molar-refractivity contribution in [3.63, 3.8) is 0 Å². The monoisotopic (exact) mass is 246 g/mol. The zero-order chi connectivity index (χ0) is 13.3. The fraction of sp³-hybridized carbons (Fsp3) is 0.429. The van der Waals surface area contributed by atoms with E-state index in [1.54, 1.807) is 0 Å². The van der Waals surface area contributed by atoms with Gasteiger partial charge in [0.25, 0.3) is 0 Å². The van der Waals surface area contributed by atoms with E-state index in [1.165, 1.54) is 5.56 Å². The maximum absolute atomic E-state index is 10.6. The minimum atomic E-state index is -0.786. The van der Waals surface area contributed by atoms with Crippen molar-refractivity contribution in [3.05, 3.63) is 29.6 Å². The lowest BCUT2D eigenvalue weighted by atomic mass is 10.0. The summed E-state index contributed by atoms with van der Waals surface area (Å²) in [4.78, 5) is 15.2. The van der Waals surface area contributed by atoms with Crippen LogP contribution < -0.4 is 0 Å². The van der Waals surface area contributed by atoms with Gasteiger partial charge in [0.1, 0.15) is 5.82 Å². The van der Waals surface area contributed by atoms with E-state index in [2.05, 4.69) is 24.9 Å². The molecule has 0 atom stereocenters. The van der Waals surface area contributed by atoms with Gasteiger partial charge in [-0.3, -0.25) is 4.79 Å². The number of para-hydroxylation sites is 1. The number of fused-ring (bicyclic) bond motifs is 1. The van der Waals surface area contributed by atoms with Crippen LogP contribution in [-0.4, -0.2) is 20.6 Å². The number of nitrogens with zero attached hydrogens (tertiary/aromatic N) is 2. The summed E-state index contributed by atoms with van der Waals surface area (Å²) in [5.41, 5.74) is 3.32. The third kappa shape index (κ3) is 2.23. The number of carbonyl (C=O) groups is 1. The maximum Gasteiger partial charge on any atom is 0.303 e. The van der Waals surface area contributed by atoms with Crippen molar-refractivity contribution in [1.82, 2.24) is 9.55 Å². The molecule has 0 fully saturated rings. The lowest BCUT2D eigenvalue weighted by molar-refractivity contribution is -0.137. The molecule has 0 unspecified atom stereocenters. The molecule has 0 aliphatic rings. The lowest BCUT2D eigenvalue weighted by Gasteiger charge is -2.09. The predicted molar refractivity (Wildman–Crippen MR) is 70.8 cm³/mol. The second kappa shape index (κ2) is 4.80. The van der Waals surface area contributed by atoms with Crippen molar-refractivity contribution in [2.45, 2.75) is 32.6 Å². The molecule has 96 valence electrons. The maximum atomic E-state index is 10.6. The molecule has 0 amide bonds. The van der Waals surface area contributed by atoms with Crippen molar-refractivity contribution in [1.29, 1.82) is 0 Å². The summed E-state index contributed by atoms with van der Waals surface area (Å²) in [6.45, 7) is 4.30. The SMILES string of the molecule is CC(C)c1cccc2nc(CCC(=O)O)n(C)c12. The molecule has 2 rings (SSSR count). The molecule has 1 heterocycles. The molecule has 0 aliphatic heterocycles. The number of rotatable bonds is 4. The van der Waals surface area contributed by atoms with E-state index < -0.39 is 5.97 Å². The van der Waals surface area contributed by atoms with Gasteiger partial charge in [-0.2, -0.15) is 0 Å². The van der Waals surface area contributed by atoms with Gasteiger partial charge in [-0.25, -0.2) is 4.98 Å². The summed E-state index contributed by atoms with van der Waals surface area (Å²) in [6.07, 6.45) is 0.590. The van der Waals surface area contributed by atoms with Crippen molar-refractivity contribution >= 4 is 17.0 Å². The fourth-order valence-electron chi connectivity index (χ4n) is 2.26. The fourth-order valence-corrected chi connectivity index (χ4v) is 2.26. The molecule has 2 aromatic rings. The molecule has 0 saturated heterocycles. The highest BCUT2D eigenvalue weighted by Crippen LogP contribution is 2.25. The highest BCUT2D eigenvalue weighted by Gasteiger charge is 2.13. The zero-order valence-corrected chi connectivity index (χ0v) is 11.0. The van der Waals surface area contributed by atoms with Gasteiger partial charge in [0, 0.05) is 13.5 Å². The van der Waals surface area contributed by atoms with Crippen LogP contribution in [0, 0.1) is 0 Å². The first-order valence-electron chi connectivity index (χ1n) is 6.16. The molecule has 1 aromatic heterocycles. The highest BCUT2D eigenvalue weighted by molar-refractivity contribution is 5.80. The van der Waals surface area contributed by atoms with Crippen LogP contribution in [0.3, 0.4) is 0 Å². The Bertz CT molecular complexity index is 585. The first-order valence-corrected chi connectivity index (χ1v) is 6.16. The van der Waals surface area contributed by atoms with E-state index in [0.717, 1.165) is 16.9 Å². The summed E-state index contributed by atoms with van der Waals surface area (Å²) in [7, 11) is 1.96. The second-order valence-electron chi connectivity index (χ2n) is 4.85. The van der Waals surface area contributed by atoms with Gasteiger partial charge in [-0.1, -0.05) is 26.0 Å². The van der Waals surface area contributed by atoms with E-state index in [-0.39, 0.29) is 6.42 Å². The molecule has 1 N–H and O–H groups in total. The van der Waals surface area contributed by atoms with Crippen molar-refractivity contribution in [2.75, 3.05) is 0 Å². The normalized spacial score (nSPS) is 11.3. The van der Waals surface area contributed by atoms with Gasteiger partial charge in [0.15, 0.2) is 0 Å². The second-order valence-corrected chi connectivity index (χ2v) is 4.85. The Kier molecular flexibility index (Phi) is 3.36. The Morgan fingerprint density at radius 3 is 2.78 bits per heavy atom. The van der Waals surface area contributed by atoms with Crippen molar-refractivity contribution in [2.24, 2.45) is 7.05 Å². The molecule has 4 nitrogen and oxygen atoms in total. The largest absolute Gasteiger partial charge is 0.481 e. The molecule has 0 bridgehead atoms. The average Bonchev–Trinajstić information content (AvgIpc) is 2.63. The number of imidazole rings is 1. The average molecular weight is 246 g/mol. The first kappa shape index (κ1) is 12.6. The number of aromatic nitrogens is 2. The number of carboxylic acids is 1. The van der Waals surface area contributed by atoms with Gasteiger partial charge < -0.3 is 9.67 Å². The summed E-state index contributed by atoms with van der Waals surface area (Å²) in [5, 5.41) is 8.75. The molecule has 0 spiro atoms. The van der Waals surface area contributed by atoms with Gasteiger partial charge in [-0.05, 0) is 17.5 Å². The number of benzene rings is 1. The van der Waals surface area contributed by atoms with Gasteiger partial charge >= 0.3 is 5.97 Å². The van der Waals surface area contributed by atoms with Crippen LogP contribution in [0.5, 0.6) is 0 Å². The van der Waals surface area contributed by atoms with Crippen LogP contribution in [0.25, 0.3) is 11.0 Å². The number of hydrogen-bond donors (Lipinski definition) is 1. The zero-order valence-electron chi connectivity index (χ0n) is 11.0. The first-order chi connectivity index (χ1) is 8.50. The molecule has 4 heteroatoms. The van der Waals surface area contributed by atoms with Crippen LogP contribution in [0.4, 0.5) is 0 Å². The van der Waals surface area contributed by atoms with Crippen molar-refractivity contribution < 1.29 is 9.90 Å². The topological polar surface area (TPSA) is 55.1 Å². The van der Waals surface area contributed by atoms with Gasteiger partial charge in [0.05, 0.1) is 17.5 Å². The summed E-state index contributed by atoms with van der Waals surface area (Å²) < 4.78 is 2.02. The number of carboxylic acid groups (broad SMARTS) is 1. The van der Waals surface area contributed by atoms with Crippen molar-refractivity contribution in [3.8, 4) is 0 Å². The Morgan fingerprint density at radius 2 is 2.17 bits per heavy atom. The van der Waals surface area contributed by atoms with E-state index in [1.807, 2.05) is 23.7 Å². The third-order valence-corrected chi connectivity index (χ3v) is 3.20. The van der Waals surface area contributed by atoms with E-state index in [0.29, 0.717) is 12.3 Å². The van der Waals surface area contributed by atoms with Crippen LogP contribution in [-0.2, 0) is 18.3 Å². The smallest absolute Gasteiger partial charge is 0.303 e. The predicted octanol–water partition coefficient (Wildman–Crippen LogP) is 2.71. The highest BCUT2D eigenvalue weighted by atomic mass is 16.4. The molecule has 0 radical (unpaired) electrons. The van der Waals surface area contributed by atoms with Crippen LogP contribution in [0.15, 0.2) is 18.2 Å². The third-order valence-electron chi connectivity index (χ3n) is 3.20. The molecule has 0 saturated carbocycles. The minimum absolute atomic E-state index is 0.119. The Labute approximate surface area is 106 Å². The van der Waals surface area contributed by atoms with Gasteiger partial charge in [-0.15, -0.1) is 0 Å². The minimum Gasteiger partial charge on any atom is -0.481 e. The molecule has 18 heavy (non-hydrogen) atoms. The summed E-state index contributed by atoms with van der Waals surface area (Å²) in [6, 6.07) is 6.09. The number of hydrogen-bond acceptors (Lipinski definition) is 2. The number of aryl methyl sites for hydroxylation is 2. The quantitative estimate of drug-likeness (QED) is 0.902. The lowest BCUT2D eigenvalue weighted by Crippen LogP contribution is -2.04. The van der Waals surface area contributed by atoms with E-state index >= 15 is 0 Å². The molecular weight excluding hydrogens is 228 g/mol. The van der Waals surface area contributed by atoms with Gasteiger partial charge in [0.2, 0.25) is 0 Å². The Hall–Kier alpha value is -1.84. The number of aliphatic carboxylic acids is 1. The van der Waals surface area contributed by atoms with Crippen LogP contribution in [0.2, 0.25) is 0 Å². The Balaban J connectivity index is 2.49. The summed E-state index contributed by atoms with van der Waals surface area (Å²) >= 11 is 0. The standard InChI is InChI=1S/C14H18N2O2/c1-9(2)10-5-4-6-11-14(10)16(3)12(15-11)7-8-13(17)18/h4-6,9H,7-8H2,1-3H3,(H,17,18). The van der Waals surface area contributed by atoms with E-state index in [4.69, 9.17) is 5.11 Å². The van der Waals surface area contributed by atoms with Crippen LogP contribution >= 0.6 is 0 Å². The molecular formula is C14H18N2O2. The molecule has 0 aliphatic carbocycles. The van der Waals surface area contributed by atoms with Crippen LogP contribution in [0.1, 0.15) is 37.6 Å².